The molecule has 8 heavy (non-hydrogen) atoms. The second-order valence-corrected chi connectivity index (χ2v) is 1.65. The highest BCUT2D eigenvalue weighted by molar-refractivity contribution is 5.86. The fourth-order valence-corrected chi connectivity index (χ4v) is 0.527. The zero-order chi connectivity index (χ0) is 6.15. The molecular weight excluding hydrogens is 108 g/mol. The van der Waals surface area contributed by atoms with Crippen molar-refractivity contribution in [2.45, 2.75) is 6.17 Å². The van der Waals surface area contributed by atoms with Gasteiger partial charge in [-0.25, -0.2) is 5.43 Å². The third kappa shape index (κ3) is 0.716. The van der Waals surface area contributed by atoms with E-state index in [0.717, 1.165) is 5.12 Å². The lowest BCUT2D eigenvalue weighted by Crippen LogP contribution is -2.48. The lowest BCUT2D eigenvalue weighted by Gasteiger charge is -2.09. The van der Waals surface area contributed by atoms with Gasteiger partial charge in [-0.1, -0.05) is 0 Å². The summed E-state index contributed by atoms with van der Waals surface area (Å²) in [7, 11) is 0. The molecule has 0 radical (unpaired) electrons. The van der Waals surface area contributed by atoms with Gasteiger partial charge >= 0.3 is 0 Å². The first-order valence-corrected chi connectivity index (χ1v) is 2.27. The fourth-order valence-electron chi connectivity index (χ4n) is 0.527. The minimum Gasteiger partial charge on any atom is -0.307 e. The van der Waals surface area contributed by atoms with E-state index in [4.69, 9.17) is 11.6 Å². The number of hydrogen-bond acceptors (Lipinski definition) is 5. The van der Waals surface area contributed by atoms with Crippen LogP contribution >= 0.6 is 0 Å². The van der Waals surface area contributed by atoms with Crippen molar-refractivity contribution in [3.63, 3.8) is 0 Å². The zero-order valence-corrected chi connectivity index (χ0v) is 4.29. The van der Waals surface area contributed by atoms with E-state index < -0.39 is 6.17 Å². The number of hydrazine groups is 2. The van der Waals surface area contributed by atoms with Gasteiger partial charge < -0.3 is 5.73 Å². The summed E-state index contributed by atoms with van der Waals surface area (Å²) in [6, 6.07) is 0. The molecule has 5 N–H and O–H groups in total. The summed E-state index contributed by atoms with van der Waals surface area (Å²) in [5, 5.41) is 1.10. The Bertz CT molecular complexity index is 114. The lowest BCUT2D eigenvalue weighted by atomic mass is 10.4. The maximum absolute atomic E-state index is 10.5. The number of rotatable bonds is 0. The number of nitrogens with zero attached hydrogens (tertiary/aromatic N) is 1. The maximum atomic E-state index is 10.5. The van der Waals surface area contributed by atoms with Crippen LogP contribution in [-0.4, -0.2) is 23.6 Å². The predicted octanol–water partition coefficient (Wildman–Crippen LogP) is -2.47. The van der Waals surface area contributed by atoms with E-state index in [1.54, 1.807) is 0 Å². The van der Waals surface area contributed by atoms with Gasteiger partial charge in [0.05, 0.1) is 6.54 Å². The molecule has 0 saturated carbocycles. The van der Waals surface area contributed by atoms with Crippen LogP contribution in [0.15, 0.2) is 0 Å². The second kappa shape index (κ2) is 1.79. The number of ketones is 1. The molecule has 0 aromatic heterocycles. The van der Waals surface area contributed by atoms with Crippen LogP contribution in [0.2, 0.25) is 0 Å². The van der Waals surface area contributed by atoms with Crippen LogP contribution in [0.1, 0.15) is 0 Å². The van der Waals surface area contributed by atoms with Crippen LogP contribution in [-0.2, 0) is 4.79 Å². The first-order valence-electron chi connectivity index (χ1n) is 2.27. The Kier molecular flexibility index (Phi) is 1.26. The van der Waals surface area contributed by atoms with Crippen molar-refractivity contribution in [3.05, 3.63) is 0 Å². The van der Waals surface area contributed by atoms with Gasteiger partial charge in [-0.2, -0.15) is 5.12 Å². The molecule has 1 rings (SSSR count). The summed E-state index contributed by atoms with van der Waals surface area (Å²) in [6.45, 7) is 0.248. The summed E-state index contributed by atoms with van der Waals surface area (Å²) < 4.78 is 0. The molecule has 1 saturated heterocycles. The molecule has 1 aliphatic heterocycles. The van der Waals surface area contributed by atoms with Crippen LogP contribution in [0.4, 0.5) is 0 Å². The normalized spacial score (nSPS) is 31.8. The van der Waals surface area contributed by atoms with Crippen molar-refractivity contribution in [2.24, 2.45) is 11.6 Å². The van der Waals surface area contributed by atoms with E-state index in [9.17, 15) is 4.79 Å². The Hall–Kier alpha value is -0.490. The average Bonchev–Trinajstić information content (AvgIpc) is 1.98. The fraction of sp³-hybridized carbons (Fsp3) is 0.667. The number of carbonyl (C=O) groups is 1. The first-order chi connectivity index (χ1) is 3.72. The van der Waals surface area contributed by atoms with Gasteiger partial charge in [0.2, 0.25) is 0 Å². The molecule has 5 heteroatoms. The Morgan fingerprint density at radius 1 is 1.88 bits per heavy atom. The smallest absolute Gasteiger partial charge is 0.182 e. The predicted molar refractivity (Wildman–Crippen MR) is 27.0 cm³/mol. The Morgan fingerprint density at radius 2 is 2.50 bits per heavy atom. The molecule has 46 valence electrons. The van der Waals surface area contributed by atoms with E-state index in [2.05, 4.69) is 5.43 Å². The van der Waals surface area contributed by atoms with Crippen molar-refractivity contribution < 1.29 is 4.79 Å². The Labute approximate surface area is 46.6 Å². The average molecular weight is 116 g/mol. The molecule has 1 atom stereocenters. The highest BCUT2D eigenvalue weighted by Gasteiger charge is 2.25. The van der Waals surface area contributed by atoms with Crippen LogP contribution < -0.4 is 17.0 Å². The molecule has 0 aromatic carbocycles. The van der Waals surface area contributed by atoms with Crippen molar-refractivity contribution in [3.8, 4) is 0 Å². The molecule has 5 nitrogen and oxygen atoms in total. The van der Waals surface area contributed by atoms with Gasteiger partial charge in [-0.3, -0.25) is 10.6 Å². The number of hydrogen-bond donors (Lipinski definition) is 3. The molecule has 0 aliphatic carbocycles. The van der Waals surface area contributed by atoms with Crippen molar-refractivity contribution >= 4 is 5.78 Å². The highest BCUT2D eigenvalue weighted by Crippen LogP contribution is 1.89. The number of nitrogens with one attached hydrogen (secondary N) is 1. The third-order valence-corrected chi connectivity index (χ3v) is 1.07. The van der Waals surface area contributed by atoms with E-state index in [-0.39, 0.29) is 12.3 Å². The van der Waals surface area contributed by atoms with Crippen LogP contribution in [0, 0.1) is 0 Å². The topological polar surface area (TPSA) is 84.4 Å². The summed E-state index contributed by atoms with van der Waals surface area (Å²) in [5.41, 5.74) is 7.77. The molecule has 0 bridgehead atoms. The van der Waals surface area contributed by atoms with Crippen molar-refractivity contribution in [2.75, 3.05) is 6.54 Å². The van der Waals surface area contributed by atoms with Gasteiger partial charge in [0.15, 0.2) is 5.78 Å². The van der Waals surface area contributed by atoms with Gasteiger partial charge in [-0.05, 0) is 0 Å². The molecule has 1 unspecified atom stereocenters. The molecule has 0 aromatic rings. The zero-order valence-electron chi connectivity index (χ0n) is 4.29. The molecule has 1 fully saturated rings. The summed E-state index contributed by atoms with van der Waals surface area (Å²) >= 11 is 0. The monoisotopic (exact) mass is 116 g/mol. The molecule has 0 amide bonds. The maximum Gasteiger partial charge on any atom is 0.182 e. The van der Waals surface area contributed by atoms with E-state index in [0.29, 0.717) is 0 Å². The molecule has 1 aliphatic rings. The van der Waals surface area contributed by atoms with Crippen LogP contribution in [0.3, 0.4) is 0 Å². The largest absolute Gasteiger partial charge is 0.307 e. The number of carbonyl (C=O) groups excluding carboxylic acids is 1. The standard InChI is InChI=1S/C3H8N4O/c4-3-2(8)1-6-7(3)5/h3,6H,1,4-5H2. The van der Waals surface area contributed by atoms with Crippen LogP contribution in [0.25, 0.3) is 0 Å². The Morgan fingerprint density at radius 3 is 2.62 bits per heavy atom. The van der Waals surface area contributed by atoms with Gasteiger partial charge in [-0.15, -0.1) is 0 Å². The summed E-state index contributed by atoms with van der Waals surface area (Å²) in [6.07, 6.45) is -0.657. The summed E-state index contributed by atoms with van der Waals surface area (Å²) in [5.74, 6) is 5.07. The molecule has 0 spiro atoms. The van der Waals surface area contributed by atoms with E-state index >= 15 is 0 Å². The van der Waals surface area contributed by atoms with Gasteiger partial charge in [0.1, 0.15) is 6.17 Å². The first kappa shape index (κ1) is 5.64. The van der Waals surface area contributed by atoms with Crippen molar-refractivity contribution in [1.82, 2.24) is 10.5 Å². The highest BCUT2D eigenvalue weighted by atomic mass is 16.1. The van der Waals surface area contributed by atoms with Crippen LogP contribution in [0.5, 0.6) is 0 Å². The van der Waals surface area contributed by atoms with Crippen molar-refractivity contribution in [1.29, 1.82) is 0 Å². The minimum atomic E-state index is -0.657. The number of nitrogens with two attached hydrogens (primary N) is 2. The quantitative estimate of drug-likeness (QED) is 0.305. The lowest BCUT2D eigenvalue weighted by molar-refractivity contribution is -0.118. The molecule has 1 heterocycles. The Balaban J connectivity index is 2.56. The SMILES string of the molecule is NC1C(=O)CNN1N. The number of Topliss-reactive ketones (excluding diaryl/α,β-unsaturated/α-hetero) is 1. The third-order valence-electron chi connectivity index (χ3n) is 1.07. The molecular formula is C3H8N4O. The van der Waals surface area contributed by atoms with Gasteiger partial charge in [0.25, 0.3) is 0 Å². The van der Waals surface area contributed by atoms with Gasteiger partial charge in [0, 0.05) is 0 Å². The van der Waals surface area contributed by atoms with E-state index in [1.165, 1.54) is 0 Å². The summed E-state index contributed by atoms with van der Waals surface area (Å²) in [4.78, 5) is 10.5. The minimum absolute atomic E-state index is 0.0764. The van der Waals surface area contributed by atoms with E-state index in [1.807, 2.05) is 0 Å². The second-order valence-electron chi connectivity index (χ2n) is 1.65.